The zero-order valence-electron chi connectivity index (χ0n) is 13.0. The average Bonchev–Trinajstić information content (AvgIpc) is 2.50. The van der Waals surface area contributed by atoms with Crippen LogP contribution in [0, 0.1) is 5.92 Å². The molecule has 0 saturated carbocycles. The van der Waals surface area contributed by atoms with Crippen molar-refractivity contribution in [3.63, 3.8) is 0 Å². The van der Waals surface area contributed by atoms with Crippen LogP contribution in [0.15, 0.2) is 48.5 Å². The van der Waals surface area contributed by atoms with Crippen LogP contribution in [0.1, 0.15) is 25.3 Å². The van der Waals surface area contributed by atoms with E-state index in [1.54, 1.807) is 4.90 Å². The third kappa shape index (κ3) is 4.25. The molecule has 1 heterocycles. The minimum Gasteiger partial charge on any atom is -0.457 e. The Balaban J connectivity index is 1.65. The molecule has 3 heteroatoms. The Morgan fingerprint density at radius 2 is 1.95 bits per heavy atom. The highest BCUT2D eigenvalue weighted by molar-refractivity contribution is 6.30. The Hall–Kier alpha value is -1.51. The van der Waals surface area contributed by atoms with Gasteiger partial charge >= 0.3 is 0 Å². The van der Waals surface area contributed by atoms with Gasteiger partial charge in [-0.05, 0) is 49.2 Å². The Labute approximate surface area is 137 Å². The van der Waals surface area contributed by atoms with Crippen LogP contribution in [0.4, 0.5) is 0 Å². The summed E-state index contributed by atoms with van der Waals surface area (Å²) in [6.07, 6.45) is 2.72. The number of benzene rings is 2. The Bertz CT molecular complexity index is 611. The molecule has 1 fully saturated rings. The Kier molecular flexibility index (Phi) is 5.01. The number of likely N-dealkylation sites (tertiary alicyclic amines) is 1. The summed E-state index contributed by atoms with van der Waals surface area (Å²) in [4.78, 5) is 1.68. The van der Waals surface area contributed by atoms with Crippen molar-refractivity contribution >= 4 is 11.6 Å². The molecule has 1 saturated heterocycles. The highest BCUT2D eigenvalue weighted by atomic mass is 35.5. The van der Waals surface area contributed by atoms with Gasteiger partial charge in [0.1, 0.15) is 18.0 Å². The van der Waals surface area contributed by atoms with Gasteiger partial charge < -0.3 is 9.64 Å². The molecule has 0 bridgehead atoms. The lowest BCUT2D eigenvalue weighted by Gasteiger charge is -2.27. The molecule has 1 N–H and O–H groups in total. The molecule has 2 aromatic carbocycles. The second kappa shape index (κ2) is 7.17. The number of piperidine rings is 1. The standard InChI is InChI=1S/C19H22ClNO/c1-15-4-3-11-21(13-15)14-16-5-2-6-19(12-16)22-18-9-7-17(20)8-10-18/h2,5-10,12,15H,3-4,11,13-14H2,1H3/p+1/t15-/m1/s1. The van der Waals surface area contributed by atoms with Crippen molar-refractivity contribution in [2.24, 2.45) is 5.92 Å². The number of quaternary nitrogens is 1. The number of nitrogens with one attached hydrogen (secondary N) is 1. The summed E-state index contributed by atoms with van der Waals surface area (Å²) in [6, 6.07) is 15.9. The van der Waals surface area contributed by atoms with Crippen molar-refractivity contribution in [2.75, 3.05) is 13.1 Å². The van der Waals surface area contributed by atoms with Gasteiger partial charge in [-0.15, -0.1) is 0 Å². The minimum atomic E-state index is 0.726. The SMILES string of the molecule is C[C@@H]1CCC[NH+](Cc2cccc(Oc3ccc(Cl)cc3)c2)C1. The second-order valence-electron chi connectivity index (χ2n) is 6.33. The minimum absolute atomic E-state index is 0.726. The third-order valence-electron chi connectivity index (χ3n) is 4.27. The lowest BCUT2D eigenvalue weighted by atomic mass is 10.00. The summed E-state index contributed by atoms with van der Waals surface area (Å²) in [6.45, 7) is 6.01. The average molecular weight is 317 g/mol. The van der Waals surface area contributed by atoms with Crippen molar-refractivity contribution < 1.29 is 9.64 Å². The van der Waals surface area contributed by atoms with Crippen LogP contribution in [-0.4, -0.2) is 13.1 Å². The molecular weight excluding hydrogens is 294 g/mol. The van der Waals surface area contributed by atoms with Crippen LogP contribution in [0.2, 0.25) is 5.02 Å². The van der Waals surface area contributed by atoms with E-state index >= 15 is 0 Å². The molecule has 0 amide bonds. The summed E-state index contributed by atoms with van der Waals surface area (Å²) >= 11 is 5.90. The summed E-state index contributed by atoms with van der Waals surface area (Å²) in [5, 5.41) is 0.726. The maximum atomic E-state index is 5.92. The molecule has 0 aliphatic carbocycles. The van der Waals surface area contributed by atoms with Gasteiger partial charge in [0.25, 0.3) is 0 Å². The molecule has 1 aliphatic rings. The maximum absolute atomic E-state index is 5.92. The topological polar surface area (TPSA) is 13.7 Å². The zero-order valence-corrected chi connectivity index (χ0v) is 13.8. The van der Waals surface area contributed by atoms with Gasteiger partial charge in [0.15, 0.2) is 0 Å². The van der Waals surface area contributed by atoms with Crippen molar-refractivity contribution in [2.45, 2.75) is 26.3 Å². The number of halogens is 1. The summed E-state index contributed by atoms with van der Waals surface area (Å²) in [5.74, 6) is 2.56. The molecular formula is C19H23ClNO+. The van der Waals surface area contributed by atoms with E-state index in [1.165, 1.54) is 31.5 Å². The molecule has 2 atom stereocenters. The normalized spacial score (nSPS) is 21.5. The molecule has 3 rings (SSSR count). The van der Waals surface area contributed by atoms with Crippen LogP contribution in [-0.2, 0) is 6.54 Å². The van der Waals surface area contributed by atoms with Crippen molar-refractivity contribution in [3.05, 3.63) is 59.1 Å². The molecule has 0 aromatic heterocycles. The van der Waals surface area contributed by atoms with Gasteiger partial charge in [0, 0.05) is 16.5 Å². The first kappa shape index (κ1) is 15.4. The lowest BCUT2D eigenvalue weighted by Crippen LogP contribution is -3.12. The van der Waals surface area contributed by atoms with E-state index in [4.69, 9.17) is 16.3 Å². The third-order valence-corrected chi connectivity index (χ3v) is 4.52. The van der Waals surface area contributed by atoms with Gasteiger partial charge in [-0.1, -0.05) is 30.7 Å². The molecule has 2 aromatic rings. The van der Waals surface area contributed by atoms with Crippen molar-refractivity contribution in [3.8, 4) is 11.5 Å². The van der Waals surface area contributed by atoms with E-state index in [0.29, 0.717) is 0 Å². The van der Waals surface area contributed by atoms with Crippen LogP contribution in [0.3, 0.4) is 0 Å². The second-order valence-corrected chi connectivity index (χ2v) is 6.77. The number of hydrogen-bond acceptors (Lipinski definition) is 1. The van der Waals surface area contributed by atoms with Crippen molar-refractivity contribution in [1.82, 2.24) is 0 Å². The summed E-state index contributed by atoms with van der Waals surface area (Å²) in [5.41, 5.74) is 1.34. The summed E-state index contributed by atoms with van der Waals surface area (Å²) in [7, 11) is 0. The maximum Gasteiger partial charge on any atom is 0.127 e. The predicted octanol–water partition coefficient (Wildman–Crippen LogP) is 3.95. The number of ether oxygens (including phenoxy) is 1. The molecule has 22 heavy (non-hydrogen) atoms. The quantitative estimate of drug-likeness (QED) is 0.902. The van der Waals surface area contributed by atoms with Gasteiger partial charge in [-0.25, -0.2) is 0 Å². The lowest BCUT2D eigenvalue weighted by molar-refractivity contribution is -0.922. The Morgan fingerprint density at radius 1 is 1.14 bits per heavy atom. The monoisotopic (exact) mass is 316 g/mol. The van der Waals surface area contributed by atoms with E-state index in [0.717, 1.165) is 29.0 Å². The molecule has 1 unspecified atom stereocenters. The van der Waals surface area contributed by atoms with Gasteiger partial charge in [-0.3, -0.25) is 0 Å². The van der Waals surface area contributed by atoms with Crippen LogP contribution in [0.25, 0.3) is 0 Å². The fraction of sp³-hybridized carbons (Fsp3) is 0.368. The van der Waals surface area contributed by atoms with E-state index in [9.17, 15) is 0 Å². The molecule has 2 nitrogen and oxygen atoms in total. The first-order valence-electron chi connectivity index (χ1n) is 8.05. The predicted molar refractivity (Wildman–Crippen MR) is 90.8 cm³/mol. The first-order valence-corrected chi connectivity index (χ1v) is 8.43. The van der Waals surface area contributed by atoms with Gasteiger partial charge in [-0.2, -0.15) is 0 Å². The fourth-order valence-electron chi connectivity index (χ4n) is 3.20. The van der Waals surface area contributed by atoms with E-state index in [-0.39, 0.29) is 0 Å². The number of hydrogen-bond donors (Lipinski definition) is 1. The highest BCUT2D eigenvalue weighted by Gasteiger charge is 2.19. The smallest absolute Gasteiger partial charge is 0.127 e. The molecule has 0 radical (unpaired) electrons. The van der Waals surface area contributed by atoms with Crippen LogP contribution < -0.4 is 9.64 Å². The molecule has 0 spiro atoms. The highest BCUT2D eigenvalue weighted by Crippen LogP contribution is 2.23. The van der Waals surface area contributed by atoms with E-state index in [2.05, 4.69) is 25.1 Å². The van der Waals surface area contributed by atoms with Crippen molar-refractivity contribution in [1.29, 1.82) is 0 Å². The summed E-state index contributed by atoms with van der Waals surface area (Å²) < 4.78 is 5.92. The molecule has 1 aliphatic heterocycles. The molecule has 116 valence electrons. The Morgan fingerprint density at radius 3 is 2.73 bits per heavy atom. The van der Waals surface area contributed by atoms with Crippen LogP contribution in [0.5, 0.6) is 11.5 Å². The fourth-order valence-corrected chi connectivity index (χ4v) is 3.33. The van der Waals surface area contributed by atoms with Gasteiger partial charge in [0.05, 0.1) is 13.1 Å². The van der Waals surface area contributed by atoms with E-state index in [1.807, 2.05) is 30.3 Å². The van der Waals surface area contributed by atoms with E-state index < -0.39 is 0 Å². The number of rotatable bonds is 4. The van der Waals surface area contributed by atoms with Crippen LogP contribution >= 0.6 is 11.6 Å². The van der Waals surface area contributed by atoms with Gasteiger partial charge in [0.2, 0.25) is 0 Å². The zero-order chi connectivity index (χ0) is 15.4. The first-order chi connectivity index (χ1) is 10.7. The largest absolute Gasteiger partial charge is 0.457 e.